The van der Waals surface area contributed by atoms with E-state index >= 15 is 0 Å². The van der Waals surface area contributed by atoms with Gasteiger partial charge in [-0.05, 0) is 88.8 Å². The minimum absolute atomic E-state index is 0.197. The lowest BCUT2D eigenvalue weighted by atomic mass is 10.1. The topological polar surface area (TPSA) is 94.8 Å². The average Bonchev–Trinajstić information content (AvgIpc) is 3.59. The van der Waals surface area contributed by atoms with Crippen molar-refractivity contribution in [2.75, 3.05) is 45.9 Å². The van der Waals surface area contributed by atoms with Crippen molar-refractivity contribution in [1.29, 1.82) is 0 Å². The van der Waals surface area contributed by atoms with Gasteiger partial charge in [0.25, 0.3) is 0 Å². The van der Waals surface area contributed by atoms with Crippen LogP contribution in [0.15, 0.2) is 24.3 Å². The van der Waals surface area contributed by atoms with Gasteiger partial charge in [-0.3, -0.25) is 0 Å². The maximum Gasteiger partial charge on any atom is 0.352 e. The number of likely N-dealkylation sites (tertiary alicyclic amines) is 2. The molecule has 1 aromatic heterocycles. The van der Waals surface area contributed by atoms with Crippen LogP contribution in [0, 0.1) is 5.92 Å². The number of carbonyl (C=O) groups is 1. The lowest BCUT2D eigenvalue weighted by Gasteiger charge is -2.32. The van der Waals surface area contributed by atoms with Gasteiger partial charge in [0.05, 0.1) is 6.61 Å². The van der Waals surface area contributed by atoms with E-state index in [9.17, 15) is 4.79 Å². The van der Waals surface area contributed by atoms with Crippen molar-refractivity contribution in [3.63, 3.8) is 0 Å². The second-order valence-electron chi connectivity index (χ2n) is 9.89. The number of benzene rings is 1. The van der Waals surface area contributed by atoms with E-state index in [2.05, 4.69) is 14.8 Å². The summed E-state index contributed by atoms with van der Waals surface area (Å²) in [5, 5.41) is 9.77. The molecule has 0 unspecified atom stereocenters. The van der Waals surface area contributed by atoms with Crippen LogP contribution in [0.4, 0.5) is 0 Å². The smallest absolute Gasteiger partial charge is 0.352 e. The van der Waals surface area contributed by atoms with Gasteiger partial charge >= 0.3 is 5.97 Å². The van der Waals surface area contributed by atoms with Gasteiger partial charge in [-0.2, -0.15) is 0 Å². The molecule has 33 heavy (non-hydrogen) atoms. The Morgan fingerprint density at radius 3 is 2.30 bits per heavy atom. The van der Waals surface area contributed by atoms with Crippen LogP contribution < -0.4 is 10.5 Å². The van der Waals surface area contributed by atoms with Gasteiger partial charge in [-0.25, -0.2) is 4.79 Å². The standard InChI is InChI=1S/C13H27N3.C13H13NO3/c14-13-5-9-16(10-6-13)12-11-15-7-3-1-2-4-8-15;15-13(16)11-6-9-10(14-11)2-1-3-12(9)17-7-8-4-5-8/h13H,1-12,14H2;1-3,6,8,14H,4-5,7H2,(H,15,16). The summed E-state index contributed by atoms with van der Waals surface area (Å²) in [6, 6.07) is 7.69. The van der Waals surface area contributed by atoms with Gasteiger partial charge in [-0.1, -0.05) is 18.9 Å². The fourth-order valence-electron chi connectivity index (χ4n) is 4.68. The maximum absolute atomic E-state index is 10.9. The minimum atomic E-state index is -0.950. The molecule has 182 valence electrons. The number of carboxylic acid groups (broad SMARTS) is 1. The first-order valence-electron chi connectivity index (χ1n) is 12.8. The zero-order chi connectivity index (χ0) is 23.0. The van der Waals surface area contributed by atoms with Gasteiger partial charge in [0.15, 0.2) is 0 Å². The average molecular weight is 457 g/mol. The van der Waals surface area contributed by atoms with Crippen LogP contribution in [0.5, 0.6) is 5.75 Å². The van der Waals surface area contributed by atoms with Crippen LogP contribution in [0.25, 0.3) is 10.9 Å². The second-order valence-corrected chi connectivity index (χ2v) is 9.89. The summed E-state index contributed by atoms with van der Waals surface area (Å²) < 4.78 is 5.72. The molecule has 0 atom stereocenters. The first-order chi connectivity index (χ1) is 16.1. The molecular formula is C26H40N4O3. The molecule has 3 aliphatic rings. The van der Waals surface area contributed by atoms with Crippen molar-refractivity contribution in [3.8, 4) is 5.75 Å². The molecule has 0 amide bonds. The number of fused-ring (bicyclic) bond motifs is 1. The largest absolute Gasteiger partial charge is 0.493 e. The fourth-order valence-corrected chi connectivity index (χ4v) is 4.68. The highest BCUT2D eigenvalue weighted by Crippen LogP contribution is 2.32. The Labute approximate surface area is 197 Å². The van der Waals surface area contributed by atoms with Crippen molar-refractivity contribution in [3.05, 3.63) is 30.0 Å². The Kier molecular flexibility index (Phi) is 8.64. The molecule has 7 heteroatoms. The predicted molar refractivity (Wildman–Crippen MR) is 132 cm³/mol. The summed E-state index contributed by atoms with van der Waals surface area (Å²) >= 11 is 0. The van der Waals surface area contributed by atoms with E-state index in [4.69, 9.17) is 15.6 Å². The summed E-state index contributed by atoms with van der Waals surface area (Å²) in [7, 11) is 0. The Bertz CT molecular complexity index is 879. The highest BCUT2D eigenvalue weighted by molar-refractivity contribution is 5.96. The monoisotopic (exact) mass is 456 g/mol. The Morgan fingerprint density at radius 1 is 1.00 bits per heavy atom. The van der Waals surface area contributed by atoms with E-state index in [-0.39, 0.29) is 5.69 Å². The number of aromatic carboxylic acids is 1. The molecule has 1 aromatic carbocycles. The summed E-state index contributed by atoms with van der Waals surface area (Å²) in [6.07, 6.45) is 10.6. The summed E-state index contributed by atoms with van der Waals surface area (Å²) in [4.78, 5) is 19.0. The van der Waals surface area contributed by atoms with Gasteiger partial charge < -0.3 is 30.4 Å². The van der Waals surface area contributed by atoms with Crippen LogP contribution >= 0.6 is 0 Å². The van der Waals surface area contributed by atoms with Gasteiger partial charge in [-0.15, -0.1) is 0 Å². The first kappa shape index (κ1) is 24.0. The number of H-pyrrole nitrogens is 1. The number of nitrogens with one attached hydrogen (secondary N) is 1. The number of aromatic amines is 1. The van der Waals surface area contributed by atoms with E-state index in [1.54, 1.807) is 6.07 Å². The van der Waals surface area contributed by atoms with Gasteiger partial charge in [0.1, 0.15) is 11.4 Å². The molecule has 1 aliphatic carbocycles. The molecule has 7 nitrogen and oxygen atoms in total. The molecule has 2 aliphatic heterocycles. The van der Waals surface area contributed by atoms with E-state index in [1.807, 2.05) is 18.2 Å². The molecule has 2 aromatic rings. The first-order valence-corrected chi connectivity index (χ1v) is 12.8. The van der Waals surface area contributed by atoms with Crippen LogP contribution in [0.1, 0.15) is 61.9 Å². The third-order valence-corrected chi connectivity index (χ3v) is 7.09. The number of nitrogens with zero attached hydrogens (tertiary/aromatic N) is 2. The summed E-state index contributed by atoms with van der Waals surface area (Å²) in [5.74, 6) is 0.496. The number of hydrogen-bond donors (Lipinski definition) is 3. The number of piperidine rings is 1. The van der Waals surface area contributed by atoms with Crippen molar-refractivity contribution in [2.45, 2.75) is 57.4 Å². The summed E-state index contributed by atoms with van der Waals surface area (Å²) in [5.41, 5.74) is 6.92. The molecule has 3 heterocycles. The van der Waals surface area contributed by atoms with Crippen LogP contribution in [-0.2, 0) is 0 Å². The van der Waals surface area contributed by atoms with Crippen molar-refractivity contribution in [2.24, 2.45) is 11.7 Å². The van der Waals surface area contributed by atoms with Crippen LogP contribution in [-0.4, -0.2) is 77.8 Å². The SMILES string of the molecule is NC1CCN(CCN2CCCCCC2)CC1.O=C(O)c1cc2c(OCC3CC3)cccc2[nH]1. The lowest BCUT2D eigenvalue weighted by molar-refractivity contribution is 0.0691. The number of carboxylic acids is 1. The third-order valence-electron chi connectivity index (χ3n) is 7.09. The minimum Gasteiger partial charge on any atom is -0.493 e. The summed E-state index contributed by atoms with van der Waals surface area (Å²) in [6.45, 7) is 8.35. The number of ether oxygens (including phenoxy) is 1. The highest BCUT2D eigenvalue weighted by atomic mass is 16.5. The molecule has 5 rings (SSSR count). The van der Waals surface area contributed by atoms with Gasteiger partial charge in [0.2, 0.25) is 0 Å². The third kappa shape index (κ3) is 7.45. The zero-order valence-corrected chi connectivity index (χ0v) is 19.8. The van der Waals surface area contributed by atoms with E-state index in [1.165, 1.54) is 90.6 Å². The number of nitrogens with two attached hydrogens (primary N) is 1. The number of hydrogen-bond acceptors (Lipinski definition) is 5. The molecule has 3 fully saturated rings. The number of rotatable bonds is 7. The molecule has 0 spiro atoms. The fraction of sp³-hybridized carbons (Fsp3) is 0.654. The lowest BCUT2D eigenvalue weighted by Crippen LogP contribution is -2.43. The molecule has 0 bridgehead atoms. The predicted octanol–water partition coefficient (Wildman–Crippen LogP) is 3.94. The normalized spacial score (nSPS) is 20.8. The Balaban J connectivity index is 0.000000157. The van der Waals surface area contributed by atoms with Crippen molar-refractivity contribution < 1.29 is 14.6 Å². The molecule has 4 N–H and O–H groups in total. The van der Waals surface area contributed by atoms with Crippen molar-refractivity contribution in [1.82, 2.24) is 14.8 Å². The van der Waals surface area contributed by atoms with Crippen LogP contribution in [0.3, 0.4) is 0 Å². The number of aromatic nitrogens is 1. The zero-order valence-electron chi connectivity index (χ0n) is 19.8. The Morgan fingerprint density at radius 2 is 1.67 bits per heavy atom. The van der Waals surface area contributed by atoms with Gasteiger partial charge in [0, 0.05) is 30.0 Å². The quantitative estimate of drug-likeness (QED) is 0.584. The van der Waals surface area contributed by atoms with E-state index < -0.39 is 5.97 Å². The van der Waals surface area contributed by atoms with Crippen LogP contribution in [0.2, 0.25) is 0 Å². The molecule has 0 radical (unpaired) electrons. The second kappa shape index (κ2) is 11.9. The van der Waals surface area contributed by atoms with E-state index in [0.717, 1.165) is 23.3 Å². The maximum atomic E-state index is 10.9. The highest BCUT2D eigenvalue weighted by Gasteiger charge is 2.22. The van der Waals surface area contributed by atoms with Crippen molar-refractivity contribution >= 4 is 16.9 Å². The Hall–Kier alpha value is -2.09. The molecule has 2 saturated heterocycles. The molecule has 1 saturated carbocycles. The van der Waals surface area contributed by atoms with E-state index in [0.29, 0.717) is 12.0 Å². The molecular weight excluding hydrogens is 416 g/mol.